The molecule has 2 aromatic carbocycles. The Labute approximate surface area is 114 Å². The summed E-state index contributed by atoms with van der Waals surface area (Å²) in [5.74, 6) is -0.465. The normalized spacial score (nSPS) is 11.2. The summed E-state index contributed by atoms with van der Waals surface area (Å²) < 4.78 is 29.6. The number of hydrogen-bond donors (Lipinski definition) is 1. The summed E-state index contributed by atoms with van der Waals surface area (Å²) in [6.07, 6.45) is 0. The molecule has 0 aliphatic heterocycles. The van der Waals surface area contributed by atoms with E-state index in [4.69, 9.17) is 5.73 Å². The fraction of sp³-hybridized carbons (Fsp3) is 0.133. The van der Waals surface area contributed by atoms with Crippen molar-refractivity contribution in [3.05, 3.63) is 48.0 Å². The molecule has 2 N–H and O–H groups in total. The van der Waals surface area contributed by atoms with Crippen molar-refractivity contribution >= 4 is 16.7 Å². The van der Waals surface area contributed by atoms with Gasteiger partial charge in [-0.2, -0.15) is 0 Å². The lowest BCUT2D eigenvalue weighted by Crippen LogP contribution is -1.99. The minimum absolute atomic E-state index is 0.251. The summed E-state index contributed by atoms with van der Waals surface area (Å²) in [4.78, 5) is 4.25. The predicted octanol–water partition coefficient (Wildman–Crippen LogP) is 3.58. The first-order valence-electron chi connectivity index (χ1n) is 6.32. The van der Waals surface area contributed by atoms with Crippen molar-refractivity contribution in [2.45, 2.75) is 13.5 Å². The molecule has 0 spiro atoms. The van der Waals surface area contributed by atoms with Crippen molar-refractivity contribution < 1.29 is 8.78 Å². The largest absolute Gasteiger partial charge is 0.399 e. The van der Waals surface area contributed by atoms with Gasteiger partial charge in [0.05, 0.1) is 11.1 Å². The molecule has 1 heterocycles. The second kappa shape index (κ2) is 4.59. The summed E-state index contributed by atoms with van der Waals surface area (Å²) >= 11 is 0. The van der Waals surface area contributed by atoms with E-state index >= 15 is 0 Å². The van der Waals surface area contributed by atoms with Gasteiger partial charge in [0, 0.05) is 12.2 Å². The second-order valence-corrected chi connectivity index (χ2v) is 4.53. The summed E-state index contributed by atoms with van der Waals surface area (Å²) in [7, 11) is 0. The molecular weight excluding hydrogens is 260 g/mol. The summed E-state index contributed by atoms with van der Waals surface area (Å²) in [5, 5.41) is 0. The Balaban J connectivity index is 2.33. The van der Waals surface area contributed by atoms with E-state index in [1.807, 2.05) is 6.92 Å². The van der Waals surface area contributed by atoms with Crippen molar-refractivity contribution in [1.29, 1.82) is 0 Å². The van der Waals surface area contributed by atoms with Gasteiger partial charge < -0.3 is 10.3 Å². The quantitative estimate of drug-likeness (QED) is 0.725. The molecule has 0 saturated heterocycles. The minimum Gasteiger partial charge on any atom is -0.399 e. The van der Waals surface area contributed by atoms with Crippen LogP contribution in [0.4, 0.5) is 14.5 Å². The number of benzene rings is 2. The minimum atomic E-state index is -0.463. The maximum atomic E-state index is 14.1. The van der Waals surface area contributed by atoms with Gasteiger partial charge in [-0.15, -0.1) is 0 Å². The number of para-hydroxylation sites is 1. The number of nitrogens with two attached hydrogens (primary N) is 1. The van der Waals surface area contributed by atoms with Gasteiger partial charge in [0.15, 0.2) is 5.82 Å². The number of aromatic nitrogens is 2. The summed E-state index contributed by atoms with van der Waals surface area (Å²) in [6, 6.07) is 9.15. The molecule has 3 aromatic rings. The van der Waals surface area contributed by atoms with Crippen molar-refractivity contribution in [2.75, 3.05) is 5.73 Å². The van der Waals surface area contributed by atoms with Crippen LogP contribution in [-0.4, -0.2) is 9.55 Å². The summed E-state index contributed by atoms with van der Waals surface area (Å²) in [5.41, 5.74) is 7.11. The molecule has 20 heavy (non-hydrogen) atoms. The number of anilines is 1. The molecule has 0 saturated carbocycles. The van der Waals surface area contributed by atoms with Crippen LogP contribution in [-0.2, 0) is 6.54 Å². The molecular formula is C15H13F2N3. The zero-order valence-electron chi connectivity index (χ0n) is 10.9. The topological polar surface area (TPSA) is 43.8 Å². The van der Waals surface area contributed by atoms with E-state index in [9.17, 15) is 8.78 Å². The molecule has 0 fully saturated rings. The lowest BCUT2D eigenvalue weighted by molar-refractivity contribution is 0.628. The number of halogens is 2. The number of nitrogens with zero attached hydrogens (tertiary/aromatic N) is 2. The highest BCUT2D eigenvalue weighted by atomic mass is 19.1. The maximum Gasteiger partial charge on any atom is 0.151 e. The van der Waals surface area contributed by atoms with Crippen LogP contribution in [0.1, 0.15) is 6.92 Å². The third-order valence-electron chi connectivity index (χ3n) is 3.28. The van der Waals surface area contributed by atoms with Crippen LogP contribution in [0.25, 0.3) is 22.4 Å². The summed E-state index contributed by atoms with van der Waals surface area (Å²) in [6.45, 7) is 2.48. The molecule has 0 bridgehead atoms. The first-order chi connectivity index (χ1) is 9.61. The van der Waals surface area contributed by atoms with Gasteiger partial charge in [0.25, 0.3) is 0 Å². The Morgan fingerprint density at radius 2 is 1.95 bits per heavy atom. The predicted molar refractivity (Wildman–Crippen MR) is 75.2 cm³/mol. The fourth-order valence-electron chi connectivity index (χ4n) is 2.35. The first kappa shape index (κ1) is 12.6. The van der Waals surface area contributed by atoms with E-state index in [-0.39, 0.29) is 5.52 Å². The third kappa shape index (κ3) is 1.82. The van der Waals surface area contributed by atoms with Gasteiger partial charge >= 0.3 is 0 Å². The molecule has 3 nitrogen and oxygen atoms in total. The smallest absolute Gasteiger partial charge is 0.151 e. The zero-order chi connectivity index (χ0) is 14.3. The Bertz CT molecular complexity index is 793. The van der Waals surface area contributed by atoms with Crippen molar-refractivity contribution in [2.24, 2.45) is 0 Å². The van der Waals surface area contributed by atoms with Gasteiger partial charge in [-0.05, 0) is 37.3 Å². The Hall–Kier alpha value is -2.43. The fourth-order valence-corrected chi connectivity index (χ4v) is 2.35. The van der Waals surface area contributed by atoms with Crippen molar-refractivity contribution in [3.63, 3.8) is 0 Å². The zero-order valence-corrected chi connectivity index (χ0v) is 10.9. The van der Waals surface area contributed by atoms with Gasteiger partial charge in [-0.3, -0.25) is 0 Å². The molecule has 3 rings (SSSR count). The number of hydrogen-bond acceptors (Lipinski definition) is 2. The standard InChI is InChI=1S/C15H13F2N3/c1-2-20-13-5-3-4-11(16)14(13)19-15(20)10-7-6-9(18)8-12(10)17/h3-8H,2,18H2,1H3. The van der Waals surface area contributed by atoms with Crippen LogP contribution >= 0.6 is 0 Å². The molecule has 0 aliphatic carbocycles. The molecule has 1 aromatic heterocycles. The maximum absolute atomic E-state index is 14.1. The van der Waals surface area contributed by atoms with E-state index in [2.05, 4.69) is 4.98 Å². The Morgan fingerprint density at radius 1 is 1.15 bits per heavy atom. The Morgan fingerprint density at radius 3 is 2.65 bits per heavy atom. The van der Waals surface area contributed by atoms with Crippen molar-refractivity contribution in [3.8, 4) is 11.4 Å². The second-order valence-electron chi connectivity index (χ2n) is 4.53. The number of aryl methyl sites for hydroxylation is 1. The highest BCUT2D eigenvalue weighted by Crippen LogP contribution is 2.28. The number of nitrogen functional groups attached to an aromatic ring is 1. The van der Waals surface area contributed by atoms with Crippen LogP contribution in [0.2, 0.25) is 0 Å². The molecule has 0 aliphatic rings. The van der Waals surface area contributed by atoms with Gasteiger partial charge in [0.1, 0.15) is 17.2 Å². The molecule has 5 heteroatoms. The van der Waals surface area contributed by atoms with E-state index in [0.717, 1.165) is 0 Å². The Kier molecular flexibility index (Phi) is 2.89. The molecule has 0 unspecified atom stereocenters. The highest BCUT2D eigenvalue weighted by molar-refractivity contribution is 5.81. The monoisotopic (exact) mass is 273 g/mol. The molecule has 0 radical (unpaired) electrons. The van der Waals surface area contributed by atoms with E-state index in [1.54, 1.807) is 28.8 Å². The van der Waals surface area contributed by atoms with Crippen LogP contribution in [0.5, 0.6) is 0 Å². The first-order valence-corrected chi connectivity index (χ1v) is 6.32. The van der Waals surface area contributed by atoms with Crippen LogP contribution in [0, 0.1) is 11.6 Å². The van der Waals surface area contributed by atoms with Gasteiger partial charge in [0.2, 0.25) is 0 Å². The van der Waals surface area contributed by atoms with E-state index in [1.165, 1.54) is 12.1 Å². The lowest BCUT2D eigenvalue weighted by atomic mass is 10.2. The number of fused-ring (bicyclic) bond motifs is 1. The van der Waals surface area contributed by atoms with Crippen LogP contribution in [0.3, 0.4) is 0 Å². The lowest BCUT2D eigenvalue weighted by Gasteiger charge is -2.07. The van der Waals surface area contributed by atoms with Gasteiger partial charge in [-0.1, -0.05) is 6.07 Å². The van der Waals surface area contributed by atoms with Crippen LogP contribution < -0.4 is 5.73 Å². The highest BCUT2D eigenvalue weighted by Gasteiger charge is 2.16. The van der Waals surface area contributed by atoms with E-state index in [0.29, 0.717) is 29.1 Å². The molecule has 0 atom stereocenters. The molecule has 0 amide bonds. The average Bonchev–Trinajstić information content (AvgIpc) is 2.78. The SMILES string of the molecule is CCn1c(-c2ccc(N)cc2F)nc2c(F)cccc21. The molecule has 102 valence electrons. The number of imidazole rings is 1. The van der Waals surface area contributed by atoms with E-state index < -0.39 is 11.6 Å². The number of rotatable bonds is 2. The average molecular weight is 273 g/mol. The van der Waals surface area contributed by atoms with Crippen LogP contribution in [0.15, 0.2) is 36.4 Å². The van der Waals surface area contributed by atoms with Crippen molar-refractivity contribution in [1.82, 2.24) is 9.55 Å². The third-order valence-corrected chi connectivity index (χ3v) is 3.28. The van der Waals surface area contributed by atoms with Gasteiger partial charge in [-0.25, -0.2) is 13.8 Å².